The molecule has 2 aliphatic rings. The molecule has 2 aliphatic heterocycles. The maximum absolute atomic E-state index is 11.6. The number of esters is 1. The fraction of sp³-hybridized carbons (Fsp3) is 0.900. The molecule has 14 heavy (non-hydrogen) atoms. The predicted molar refractivity (Wildman–Crippen MR) is 48.5 cm³/mol. The SMILES string of the molecule is CCOC(=O)[C@@H]1[C@H]2CCO[C@@H]2O[C@@H]1C. The van der Waals surface area contributed by atoms with Crippen molar-refractivity contribution in [1.29, 1.82) is 0 Å². The van der Waals surface area contributed by atoms with E-state index in [4.69, 9.17) is 14.2 Å². The van der Waals surface area contributed by atoms with Crippen LogP contribution < -0.4 is 0 Å². The lowest BCUT2D eigenvalue weighted by Gasteiger charge is -2.16. The number of hydrogen-bond acceptors (Lipinski definition) is 4. The normalized spacial score (nSPS) is 41.0. The van der Waals surface area contributed by atoms with E-state index in [-0.39, 0.29) is 30.2 Å². The zero-order valence-corrected chi connectivity index (χ0v) is 8.56. The first-order chi connectivity index (χ1) is 6.74. The first kappa shape index (κ1) is 9.93. The fourth-order valence-electron chi connectivity index (χ4n) is 2.32. The van der Waals surface area contributed by atoms with Crippen molar-refractivity contribution < 1.29 is 19.0 Å². The summed E-state index contributed by atoms with van der Waals surface area (Å²) in [6.45, 7) is 4.85. The molecule has 0 radical (unpaired) electrons. The first-order valence-corrected chi connectivity index (χ1v) is 5.17. The molecule has 2 rings (SSSR count). The summed E-state index contributed by atoms with van der Waals surface area (Å²) in [4.78, 5) is 11.6. The zero-order chi connectivity index (χ0) is 10.1. The Morgan fingerprint density at radius 1 is 1.57 bits per heavy atom. The van der Waals surface area contributed by atoms with Crippen molar-refractivity contribution in [3.8, 4) is 0 Å². The molecule has 4 atom stereocenters. The average molecular weight is 200 g/mol. The highest BCUT2D eigenvalue weighted by molar-refractivity contribution is 5.74. The van der Waals surface area contributed by atoms with Crippen LogP contribution in [0.25, 0.3) is 0 Å². The van der Waals surface area contributed by atoms with Crippen LogP contribution in [0.3, 0.4) is 0 Å². The third kappa shape index (κ3) is 1.53. The number of rotatable bonds is 2. The maximum atomic E-state index is 11.6. The van der Waals surface area contributed by atoms with E-state index in [2.05, 4.69) is 0 Å². The summed E-state index contributed by atoms with van der Waals surface area (Å²) in [5, 5.41) is 0. The van der Waals surface area contributed by atoms with Crippen molar-refractivity contribution in [2.75, 3.05) is 13.2 Å². The molecule has 0 spiro atoms. The van der Waals surface area contributed by atoms with Gasteiger partial charge in [0.15, 0.2) is 6.29 Å². The number of ether oxygens (including phenoxy) is 3. The summed E-state index contributed by atoms with van der Waals surface area (Å²) >= 11 is 0. The number of fused-ring (bicyclic) bond motifs is 1. The number of hydrogen-bond donors (Lipinski definition) is 0. The van der Waals surface area contributed by atoms with Gasteiger partial charge in [0.1, 0.15) is 0 Å². The highest BCUT2D eigenvalue weighted by atomic mass is 16.7. The standard InChI is InChI=1S/C10H16O4/c1-3-12-9(11)8-6(2)14-10-7(8)4-5-13-10/h6-8,10H,3-5H2,1-2H3/t6-,7-,8+,10-/m1/s1. The van der Waals surface area contributed by atoms with Crippen molar-refractivity contribution in [1.82, 2.24) is 0 Å². The lowest BCUT2D eigenvalue weighted by atomic mass is 9.89. The van der Waals surface area contributed by atoms with Crippen molar-refractivity contribution in [3.05, 3.63) is 0 Å². The van der Waals surface area contributed by atoms with Gasteiger partial charge in [-0.1, -0.05) is 0 Å². The maximum Gasteiger partial charge on any atom is 0.312 e. The molecule has 4 nitrogen and oxygen atoms in total. The quantitative estimate of drug-likeness (QED) is 0.622. The number of carbonyl (C=O) groups is 1. The van der Waals surface area contributed by atoms with E-state index in [1.54, 1.807) is 0 Å². The van der Waals surface area contributed by atoms with Gasteiger partial charge in [-0.3, -0.25) is 4.79 Å². The third-order valence-electron chi connectivity index (χ3n) is 2.96. The van der Waals surface area contributed by atoms with Crippen molar-refractivity contribution in [2.45, 2.75) is 32.7 Å². The van der Waals surface area contributed by atoms with E-state index in [0.717, 1.165) is 6.42 Å². The highest BCUT2D eigenvalue weighted by Gasteiger charge is 2.50. The molecule has 0 aromatic rings. The van der Waals surface area contributed by atoms with Crippen LogP contribution in [0, 0.1) is 11.8 Å². The topological polar surface area (TPSA) is 44.8 Å². The molecule has 0 unspecified atom stereocenters. The van der Waals surface area contributed by atoms with Crippen LogP contribution in [0.2, 0.25) is 0 Å². The molecule has 2 saturated heterocycles. The highest BCUT2D eigenvalue weighted by Crippen LogP contribution is 2.40. The van der Waals surface area contributed by atoms with E-state index in [0.29, 0.717) is 13.2 Å². The second kappa shape index (κ2) is 3.87. The van der Waals surface area contributed by atoms with Gasteiger partial charge in [-0.25, -0.2) is 0 Å². The lowest BCUT2D eigenvalue weighted by Crippen LogP contribution is -2.29. The van der Waals surface area contributed by atoms with E-state index < -0.39 is 0 Å². The van der Waals surface area contributed by atoms with E-state index in [1.807, 2.05) is 13.8 Å². The minimum absolute atomic E-state index is 0.0793. The van der Waals surface area contributed by atoms with Crippen molar-refractivity contribution in [2.24, 2.45) is 11.8 Å². The van der Waals surface area contributed by atoms with Gasteiger partial charge in [0.2, 0.25) is 0 Å². The van der Waals surface area contributed by atoms with Gasteiger partial charge in [-0.05, 0) is 20.3 Å². The molecule has 4 heteroatoms. The lowest BCUT2D eigenvalue weighted by molar-refractivity contribution is -0.151. The molecule has 0 aromatic heterocycles. The summed E-state index contributed by atoms with van der Waals surface area (Å²) in [5.74, 6) is -0.0792. The second-order valence-corrected chi connectivity index (χ2v) is 3.81. The van der Waals surface area contributed by atoms with Crippen LogP contribution in [-0.4, -0.2) is 31.6 Å². The van der Waals surface area contributed by atoms with Gasteiger partial charge in [0, 0.05) is 5.92 Å². The van der Waals surface area contributed by atoms with Gasteiger partial charge in [-0.2, -0.15) is 0 Å². The summed E-state index contributed by atoms with van der Waals surface area (Å²) in [6.07, 6.45) is 0.641. The number of carbonyl (C=O) groups excluding carboxylic acids is 1. The van der Waals surface area contributed by atoms with E-state index in [9.17, 15) is 4.79 Å². The summed E-state index contributed by atoms with van der Waals surface area (Å²) in [5.41, 5.74) is 0. The van der Waals surface area contributed by atoms with Crippen LogP contribution in [0.4, 0.5) is 0 Å². The Labute approximate surface area is 83.5 Å². The van der Waals surface area contributed by atoms with Gasteiger partial charge in [0.05, 0.1) is 25.2 Å². The van der Waals surface area contributed by atoms with Crippen molar-refractivity contribution >= 4 is 5.97 Å². The summed E-state index contributed by atoms with van der Waals surface area (Å²) in [7, 11) is 0. The Morgan fingerprint density at radius 2 is 2.36 bits per heavy atom. The van der Waals surface area contributed by atoms with Gasteiger partial charge >= 0.3 is 5.97 Å². The Hall–Kier alpha value is -0.610. The Morgan fingerprint density at radius 3 is 3.07 bits per heavy atom. The smallest absolute Gasteiger partial charge is 0.312 e. The second-order valence-electron chi connectivity index (χ2n) is 3.81. The first-order valence-electron chi connectivity index (χ1n) is 5.17. The van der Waals surface area contributed by atoms with Crippen LogP contribution in [0.5, 0.6) is 0 Å². The predicted octanol–water partition coefficient (Wildman–Crippen LogP) is 0.947. The van der Waals surface area contributed by atoms with Crippen LogP contribution >= 0.6 is 0 Å². The van der Waals surface area contributed by atoms with E-state index in [1.165, 1.54) is 0 Å². The monoisotopic (exact) mass is 200 g/mol. The molecule has 0 aromatic carbocycles. The van der Waals surface area contributed by atoms with Crippen LogP contribution in [0.1, 0.15) is 20.3 Å². The van der Waals surface area contributed by atoms with E-state index >= 15 is 0 Å². The van der Waals surface area contributed by atoms with Gasteiger partial charge in [0.25, 0.3) is 0 Å². The third-order valence-corrected chi connectivity index (χ3v) is 2.96. The molecule has 2 heterocycles. The average Bonchev–Trinajstić information content (AvgIpc) is 2.63. The molecule has 0 bridgehead atoms. The molecule has 0 saturated carbocycles. The minimum atomic E-state index is -0.181. The molecule has 2 fully saturated rings. The Kier molecular flexibility index (Phi) is 2.74. The van der Waals surface area contributed by atoms with Crippen LogP contribution in [-0.2, 0) is 19.0 Å². The molecular weight excluding hydrogens is 184 g/mol. The van der Waals surface area contributed by atoms with Crippen molar-refractivity contribution in [3.63, 3.8) is 0 Å². The molecule has 80 valence electrons. The van der Waals surface area contributed by atoms with Crippen LogP contribution in [0.15, 0.2) is 0 Å². The Balaban J connectivity index is 2.05. The minimum Gasteiger partial charge on any atom is -0.466 e. The molecule has 0 N–H and O–H groups in total. The molecule has 0 amide bonds. The van der Waals surface area contributed by atoms with Gasteiger partial charge in [-0.15, -0.1) is 0 Å². The zero-order valence-electron chi connectivity index (χ0n) is 8.56. The fourth-order valence-corrected chi connectivity index (χ4v) is 2.32. The summed E-state index contributed by atoms with van der Waals surface area (Å²) in [6, 6.07) is 0. The molecule has 0 aliphatic carbocycles. The largest absolute Gasteiger partial charge is 0.466 e. The molecular formula is C10H16O4. The Bertz CT molecular complexity index is 228. The summed E-state index contributed by atoms with van der Waals surface area (Å²) < 4.78 is 15.9. The van der Waals surface area contributed by atoms with Gasteiger partial charge < -0.3 is 14.2 Å².